The molecule has 1 heterocycles. The molecule has 1 amide bonds. The minimum atomic E-state index is -0.117. The zero-order chi connectivity index (χ0) is 12.3. The number of hydrogen-bond donors (Lipinski definition) is 2. The molecule has 0 aliphatic heterocycles. The molecule has 17 heavy (non-hydrogen) atoms. The van der Waals surface area contributed by atoms with E-state index in [2.05, 4.69) is 26.2 Å². The Morgan fingerprint density at radius 2 is 2.35 bits per heavy atom. The number of amides is 1. The van der Waals surface area contributed by atoms with E-state index in [1.165, 1.54) is 0 Å². The number of nitrogens with two attached hydrogens (primary N) is 1. The molecule has 0 saturated heterocycles. The van der Waals surface area contributed by atoms with E-state index in [4.69, 9.17) is 5.73 Å². The average molecular weight is 295 g/mol. The topological polar surface area (TPSA) is 72.9 Å². The molecule has 0 aliphatic carbocycles. The number of anilines is 2. The predicted molar refractivity (Wildman–Crippen MR) is 69.4 cm³/mol. The molecule has 2 rings (SSSR count). The van der Waals surface area contributed by atoms with Crippen LogP contribution in [0.5, 0.6) is 0 Å². The lowest BCUT2D eigenvalue weighted by atomic mass is 10.3. The molecule has 3 N–H and O–H groups in total. The van der Waals surface area contributed by atoms with Crippen LogP contribution in [0.1, 0.15) is 0 Å². The third-order valence-electron chi connectivity index (χ3n) is 2.15. The number of hydrogen-bond acceptors (Lipinski definition) is 3. The maximum absolute atomic E-state index is 11.7. The van der Waals surface area contributed by atoms with E-state index in [1.807, 2.05) is 0 Å². The minimum absolute atomic E-state index is 0.117. The van der Waals surface area contributed by atoms with Crippen LogP contribution in [0.4, 0.5) is 11.4 Å². The van der Waals surface area contributed by atoms with Crippen molar-refractivity contribution in [1.29, 1.82) is 0 Å². The Labute approximate surface area is 107 Å². The summed E-state index contributed by atoms with van der Waals surface area (Å²) in [6.07, 6.45) is 4.96. The fourth-order valence-electron chi connectivity index (χ4n) is 1.37. The molecule has 0 radical (unpaired) electrons. The average Bonchev–Trinajstić information content (AvgIpc) is 2.75. The molecule has 1 aromatic heterocycles. The quantitative estimate of drug-likeness (QED) is 0.849. The maximum Gasteiger partial charge on any atom is 0.244 e. The largest absolute Gasteiger partial charge is 0.399 e. The van der Waals surface area contributed by atoms with E-state index in [1.54, 1.807) is 41.5 Å². The summed E-state index contributed by atoms with van der Waals surface area (Å²) in [5.74, 6) is -0.117. The summed E-state index contributed by atoms with van der Waals surface area (Å²) in [4.78, 5) is 15.6. The number of carbonyl (C=O) groups excluding carboxylic acids is 1. The first-order valence-corrected chi connectivity index (χ1v) is 5.75. The SMILES string of the molecule is Nc1ccc(NC(=O)Cn2ccnc2)c(Br)c1. The molecule has 0 aliphatic rings. The first kappa shape index (κ1) is 11.7. The number of nitrogens with one attached hydrogen (secondary N) is 1. The zero-order valence-electron chi connectivity index (χ0n) is 8.93. The highest BCUT2D eigenvalue weighted by atomic mass is 79.9. The van der Waals surface area contributed by atoms with Gasteiger partial charge in [-0.25, -0.2) is 4.98 Å². The van der Waals surface area contributed by atoms with Gasteiger partial charge >= 0.3 is 0 Å². The van der Waals surface area contributed by atoms with Gasteiger partial charge in [0.05, 0.1) is 12.0 Å². The standard InChI is InChI=1S/C11H11BrN4O/c12-9-5-8(13)1-2-10(9)15-11(17)6-16-4-3-14-7-16/h1-5,7H,6,13H2,(H,15,17). The van der Waals surface area contributed by atoms with Gasteiger partial charge in [-0.3, -0.25) is 4.79 Å². The Morgan fingerprint density at radius 3 is 3.00 bits per heavy atom. The monoisotopic (exact) mass is 294 g/mol. The number of carbonyl (C=O) groups is 1. The van der Waals surface area contributed by atoms with Crippen LogP contribution in [0.25, 0.3) is 0 Å². The molecule has 6 heteroatoms. The van der Waals surface area contributed by atoms with Crippen molar-refractivity contribution >= 4 is 33.2 Å². The summed E-state index contributed by atoms with van der Waals surface area (Å²) in [7, 11) is 0. The van der Waals surface area contributed by atoms with E-state index in [0.717, 1.165) is 4.47 Å². The summed E-state index contributed by atoms with van der Waals surface area (Å²) in [5.41, 5.74) is 6.95. The van der Waals surface area contributed by atoms with Crippen LogP contribution in [-0.4, -0.2) is 15.5 Å². The summed E-state index contributed by atoms with van der Waals surface area (Å²) in [6, 6.07) is 5.23. The molecule has 1 aromatic carbocycles. The molecule has 0 fully saturated rings. The second kappa shape index (κ2) is 5.01. The molecule has 0 atom stereocenters. The van der Waals surface area contributed by atoms with E-state index < -0.39 is 0 Å². The van der Waals surface area contributed by atoms with Crippen LogP contribution in [0, 0.1) is 0 Å². The Kier molecular flexibility index (Phi) is 3.43. The number of benzene rings is 1. The van der Waals surface area contributed by atoms with Crippen LogP contribution in [-0.2, 0) is 11.3 Å². The first-order chi connectivity index (χ1) is 8.15. The predicted octanol–water partition coefficient (Wildman–Crippen LogP) is 1.87. The van der Waals surface area contributed by atoms with Crippen molar-refractivity contribution in [2.24, 2.45) is 0 Å². The van der Waals surface area contributed by atoms with Crippen LogP contribution in [0.3, 0.4) is 0 Å². The molecular formula is C11H11BrN4O. The van der Waals surface area contributed by atoms with Crippen molar-refractivity contribution in [2.45, 2.75) is 6.54 Å². The number of imidazole rings is 1. The van der Waals surface area contributed by atoms with Crippen LogP contribution >= 0.6 is 15.9 Å². The molecule has 0 bridgehead atoms. The van der Waals surface area contributed by atoms with Crippen molar-refractivity contribution < 1.29 is 4.79 Å². The van der Waals surface area contributed by atoms with E-state index >= 15 is 0 Å². The lowest BCUT2D eigenvalue weighted by Gasteiger charge is -2.08. The Morgan fingerprint density at radius 1 is 1.53 bits per heavy atom. The van der Waals surface area contributed by atoms with Crippen molar-refractivity contribution in [3.05, 3.63) is 41.4 Å². The number of aromatic nitrogens is 2. The number of nitrogen functional groups attached to an aromatic ring is 1. The fourth-order valence-corrected chi connectivity index (χ4v) is 1.86. The van der Waals surface area contributed by atoms with Crippen molar-refractivity contribution in [3.63, 3.8) is 0 Å². The second-order valence-corrected chi connectivity index (χ2v) is 4.38. The number of rotatable bonds is 3. The van der Waals surface area contributed by atoms with E-state index in [-0.39, 0.29) is 12.5 Å². The molecule has 2 aromatic rings. The second-order valence-electron chi connectivity index (χ2n) is 3.52. The van der Waals surface area contributed by atoms with Crippen LogP contribution in [0.15, 0.2) is 41.4 Å². The lowest BCUT2D eigenvalue weighted by molar-refractivity contribution is -0.116. The summed E-state index contributed by atoms with van der Waals surface area (Å²) >= 11 is 3.34. The molecule has 0 unspecified atom stereocenters. The van der Waals surface area contributed by atoms with Crippen LogP contribution < -0.4 is 11.1 Å². The van der Waals surface area contributed by atoms with Crippen molar-refractivity contribution in [3.8, 4) is 0 Å². The van der Waals surface area contributed by atoms with Gasteiger partial charge in [-0.1, -0.05) is 0 Å². The van der Waals surface area contributed by atoms with Crippen LogP contribution in [0.2, 0.25) is 0 Å². The van der Waals surface area contributed by atoms with Gasteiger partial charge < -0.3 is 15.6 Å². The third-order valence-corrected chi connectivity index (χ3v) is 2.81. The highest BCUT2D eigenvalue weighted by molar-refractivity contribution is 9.10. The van der Waals surface area contributed by atoms with Gasteiger partial charge in [0.25, 0.3) is 0 Å². The highest BCUT2D eigenvalue weighted by Gasteiger charge is 2.06. The van der Waals surface area contributed by atoms with Gasteiger partial charge in [-0.15, -0.1) is 0 Å². The minimum Gasteiger partial charge on any atom is -0.399 e. The first-order valence-electron chi connectivity index (χ1n) is 4.96. The summed E-state index contributed by atoms with van der Waals surface area (Å²) in [5, 5.41) is 2.79. The summed E-state index contributed by atoms with van der Waals surface area (Å²) in [6.45, 7) is 0.233. The Hall–Kier alpha value is -1.82. The summed E-state index contributed by atoms with van der Waals surface area (Å²) < 4.78 is 2.46. The van der Waals surface area contributed by atoms with E-state index in [9.17, 15) is 4.79 Å². The van der Waals surface area contributed by atoms with Gasteiger partial charge in [-0.05, 0) is 34.1 Å². The van der Waals surface area contributed by atoms with Gasteiger partial charge in [-0.2, -0.15) is 0 Å². The molecule has 5 nitrogen and oxygen atoms in total. The van der Waals surface area contributed by atoms with Gasteiger partial charge in [0.15, 0.2) is 0 Å². The van der Waals surface area contributed by atoms with Crippen molar-refractivity contribution in [1.82, 2.24) is 9.55 Å². The highest BCUT2D eigenvalue weighted by Crippen LogP contribution is 2.24. The number of nitrogens with zero attached hydrogens (tertiary/aromatic N) is 2. The third kappa shape index (κ3) is 3.07. The van der Waals surface area contributed by atoms with Gasteiger partial charge in [0.2, 0.25) is 5.91 Å². The lowest BCUT2D eigenvalue weighted by Crippen LogP contribution is -2.18. The normalized spacial score (nSPS) is 10.2. The fraction of sp³-hybridized carbons (Fsp3) is 0.0909. The Balaban J connectivity index is 2.03. The van der Waals surface area contributed by atoms with Gasteiger partial charge in [0, 0.05) is 22.6 Å². The molecule has 88 valence electrons. The van der Waals surface area contributed by atoms with Crippen molar-refractivity contribution in [2.75, 3.05) is 11.1 Å². The molecule has 0 spiro atoms. The zero-order valence-corrected chi connectivity index (χ0v) is 10.5. The molecular weight excluding hydrogens is 284 g/mol. The molecule has 0 saturated carbocycles. The van der Waals surface area contributed by atoms with E-state index in [0.29, 0.717) is 11.4 Å². The smallest absolute Gasteiger partial charge is 0.244 e. The maximum atomic E-state index is 11.7. The number of halogens is 1. The van der Waals surface area contributed by atoms with Gasteiger partial charge in [0.1, 0.15) is 6.54 Å². The Bertz CT molecular complexity index is 524.